The van der Waals surface area contributed by atoms with Crippen LogP contribution in [0.15, 0.2) is 79.1 Å². The number of hydrogen-bond donors (Lipinski definition) is 2. The molecule has 0 radical (unpaired) electrons. The standard InChI is InChI=1S/C21H16ClN3O/c22-16-9-11-18(24-13-16)25-19(14-5-2-1-3-6-14)17-10-8-15-7-4-12-23-20(15)21(17)26/h1-13,19,26H,(H,24,25). The van der Waals surface area contributed by atoms with Crippen LogP contribution < -0.4 is 5.32 Å². The van der Waals surface area contributed by atoms with Crippen molar-refractivity contribution in [3.63, 3.8) is 0 Å². The van der Waals surface area contributed by atoms with Crippen molar-refractivity contribution in [1.29, 1.82) is 0 Å². The molecule has 26 heavy (non-hydrogen) atoms. The molecule has 0 aliphatic heterocycles. The van der Waals surface area contributed by atoms with Crippen molar-refractivity contribution in [3.05, 3.63) is 95.3 Å². The Morgan fingerprint density at radius 1 is 0.885 bits per heavy atom. The van der Waals surface area contributed by atoms with Crippen LogP contribution >= 0.6 is 11.6 Å². The van der Waals surface area contributed by atoms with E-state index in [1.54, 1.807) is 18.5 Å². The Balaban J connectivity index is 1.83. The molecule has 0 bridgehead atoms. The molecule has 5 heteroatoms. The molecule has 128 valence electrons. The van der Waals surface area contributed by atoms with Gasteiger partial charge in [0, 0.05) is 23.3 Å². The summed E-state index contributed by atoms with van der Waals surface area (Å²) >= 11 is 5.93. The molecule has 0 saturated carbocycles. The number of pyridine rings is 2. The van der Waals surface area contributed by atoms with Crippen molar-refractivity contribution in [2.24, 2.45) is 0 Å². The molecular weight excluding hydrogens is 346 g/mol. The van der Waals surface area contributed by atoms with E-state index in [0.717, 1.165) is 16.5 Å². The summed E-state index contributed by atoms with van der Waals surface area (Å²) in [4.78, 5) is 8.65. The van der Waals surface area contributed by atoms with E-state index >= 15 is 0 Å². The fourth-order valence-electron chi connectivity index (χ4n) is 2.97. The maximum absolute atomic E-state index is 10.9. The Hall–Kier alpha value is -3.11. The van der Waals surface area contributed by atoms with Gasteiger partial charge in [-0.2, -0.15) is 0 Å². The van der Waals surface area contributed by atoms with Crippen LogP contribution in [0.4, 0.5) is 5.82 Å². The van der Waals surface area contributed by atoms with Gasteiger partial charge in [0.15, 0.2) is 0 Å². The van der Waals surface area contributed by atoms with E-state index in [1.807, 2.05) is 60.7 Å². The smallest absolute Gasteiger partial charge is 0.147 e. The Morgan fingerprint density at radius 2 is 1.73 bits per heavy atom. The molecule has 2 aromatic heterocycles. The molecule has 2 heterocycles. The second-order valence-corrected chi connectivity index (χ2v) is 6.36. The number of anilines is 1. The topological polar surface area (TPSA) is 58.0 Å². The zero-order chi connectivity index (χ0) is 17.9. The van der Waals surface area contributed by atoms with Crippen LogP contribution in [0.1, 0.15) is 17.2 Å². The lowest BCUT2D eigenvalue weighted by molar-refractivity contribution is 0.471. The van der Waals surface area contributed by atoms with Gasteiger partial charge < -0.3 is 10.4 Å². The van der Waals surface area contributed by atoms with E-state index in [2.05, 4.69) is 15.3 Å². The average molecular weight is 362 g/mol. The second kappa shape index (κ2) is 7.02. The average Bonchev–Trinajstić information content (AvgIpc) is 2.69. The summed E-state index contributed by atoms with van der Waals surface area (Å²) in [6, 6.07) is 20.9. The lowest BCUT2D eigenvalue weighted by Crippen LogP contribution is -2.13. The molecule has 4 aromatic rings. The van der Waals surface area contributed by atoms with Gasteiger partial charge >= 0.3 is 0 Å². The van der Waals surface area contributed by atoms with Crippen LogP contribution in [-0.4, -0.2) is 15.1 Å². The van der Waals surface area contributed by atoms with E-state index in [1.165, 1.54) is 0 Å². The number of halogens is 1. The number of nitrogens with zero attached hydrogens (tertiary/aromatic N) is 2. The number of benzene rings is 2. The Kier molecular flexibility index (Phi) is 4.42. The van der Waals surface area contributed by atoms with Gasteiger partial charge in [0.25, 0.3) is 0 Å². The minimum absolute atomic E-state index is 0.165. The molecule has 0 saturated heterocycles. The van der Waals surface area contributed by atoms with Crippen molar-refractivity contribution in [2.45, 2.75) is 6.04 Å². The van der Waals surface area contributed by atoms with Crippen molar-refractivity contribution in [2.75, 3.05) is 5.32 Å². The van der Waals surface area contributed by atoms with Crippen LogP contribution in [0.3, 0.4) is 0 Å². The number of aromatic hydroxyl groups is 1. The Labute approximate surface area is 156 Å². The molecule has 0 aliphatic rings. The zero-order valence-corrected chi connectivity index (χ0v) is 14.6. The first kappa shape index (κ1) is 16.4. The largest absolute Gasteiger partial charge is 0.505 e. The molecule has 4 nitrogen and oxygen atoms in total. The maximum atomic E-state index is 10.9. The van der Waals surface area contributed by atoms with E-state index in [-0.39, 0.29) is 11.8 Å². The van der Waals surface area contributed by atoms with Gasteiger partial charge in [-0.3, -0.25) is 4.98 Å². The highest BCUT2D eigenvalue weighted by Gasteiger charge is 2.20. The molecular formula is C21H16ClN3O. The number of nitrogens with one attached hydrogen (secondary N) is 1. The summed E-state index contributed by atoms with van der Waals surface area (Å²) in [5, 5.41) is 15.7. The number of rotatable bonds is 4. The normalized spacial score (nSPS) is 12.0. The lowest BCUT2D eigenvalue weighted by Gasteiger charge is -2.22. The second-order valence-electron chi connectivity index (χ2n) is 5.93. The van der Waals surface area contributed by atoms with Crippen LogP contribution in [0.25, 0.3) is 10.9 Å². The first-order valence-electron chi connectivity index (χ1n) is 8.22. The number of phenolic OH excluding ortho intramolecular Hbond substituents is 1. The highest BCUT2D eigenvalue weighted by Crippen LogP contribution is 2.36. The van der Waals surface area contributed by atoms with Crippen LogP contribution in [-0.2, 0) is 0 Å². The monoisotopic (exact) mass is 361 g/mol. The van der Waals surface area contributed by atoms with E-state index in [9.17, 15) is 5.11 Å². The number of fused-ring (bicyclic) bond motifs is 1. The molecule has 2 N–H and O–H groups in total. The van der Waals surface area contributed by atoms with Crippen molar-refractivity contribution in [1.82, 2.24) is 9.97 Å². The predicted octanol–water partition coefficient (Wildman–Crippen LogP) is 5.19. The highest BCUT2D eigenvalue weighted by molar-refractivity contribution is 6.30. The number of phenols is 1. The molecule has 0 amide bonds. The minimum Gasteiger partial charge on any atom is -0.505 e. The fraction of sp³-hybridized carbons (Fsp3) is 0.0476. The number of aromatic nitrogens is 2. The van der Waals surface area contributed by atoms with Crippen LogP contribution in [0, 0.1) is 0 Å². The quantitative estimate of drug-likeness (QED) is 0.525. The SMILES string of the molecule is Oc1c(C(Nc2ccc(Cl)cn2)c2ccccc2)ccc2cccnc12. The van der Waals surface area contributed by atoms with E-state index in [4.69, 9.17) is 11.6 Å². The maximum Gasteiger partial charge on any atom is 0.147 e. The lowest BCUT2D eigenvalue weighted by atomic mass is 9.96. The first-order valence-corrected chi connectivity index (χ1v) is 8.60. The summed E-state index contributed by atoms with van der Waals surface area (Å²) in [6.45, 7) is 0. The molecule has 2 aromatic carbocycles. The van der Waals surface area contributed by atoms with E-state index < -0.39 is 0 Å². The summed E-state index contributed by atoms with van der Waals surface area (Å²) in [5.41, 5.74) is 2.32. The number of hydrogen-bond acceptors (Lipinski definition) is 4. The van der Waals surface area contributed by atoms with Gasteiger partial charge in [-0.25, -0.2) is 4.98 Å². The van der Waals surface area contributed by atoms with Crippen LogP contribution in [0.5, 0.6) is 5.75 Å². The minimum atomic E-state index is -0.281. The first-order chi connectivity index (χ1) is 12.7. The third-order valence-corrected chi connectivity index (χ3v) is 4.47. The van der Waals surface area contributed by atoms with E-state index in [0.29, 0.717) is 16.4 Å². The molecule has 0 fully saturated rings. The van der Waals surface area contributed by atoms with Crippen molar-refractivity contribution < 1.29 is 5.11 Å². The summed E-state index contributed by atoms with van der Waals surface area (Å²) in [6.07, 6.45) is 3.27. The summed E-state index contributed by atoms with van der Waals surface area (Å²) < 4.78 is 0. The van der Waals surface area contributed by atoms with Crippen molar-refractivity contribution >= 4 is 28.3 Å². The summed E-state index contributed by atoms with van der Waals surface area (Å²) in [5.74, 6) is 0.835. The molecule has 1 unspecified atom stereocenters. The Morgan fingerprint density at radius 3 is 2.50 bits per heavy atom. The summed E-state index contributed by atoms with van der Waals surface area (Å²) in [7, 11) is 0. The van der Waals surface area contributed by atoms with Crippen molar-refractivity contribution in [3.8, 4) is 5.75 Å². The Bertz CT molecular complexity index is 1040. The molecule has 4 rings (SSSR count). The molecule has 1 atom stereocenters. The van der Waals surface area contributed by atoms with Gasteiger partial charge in [-0.1, -0.05) is 60.1 Å². The third kappa shape index (κ3) is 3.19. The highest BCUT2D eigenvalue weighted by atomic mass is 35.5. The fourth-order valence-corrected chi connectivity index (χ4v) is 3.09. The predicted molar refractivity (Wildman–Crippen MR) is 105 cm³/mol. The zero-order valence-electron chi connectivity index (χ0n) is 13.8. The molecule has 0 aliphatic carbocycles. The van der Waals surface area contributed by atoms with Crippen LogP contribution in [0.2, 0.25) is 5.02 Å². The van der Waals surface area contributed by atoms with Gasteiger partial charge in [0.2, 0.25) is 0 Å². The molecule has 0 spiro atoms. The van der Waals surface area contributed by atoms with Gasteiger partial charge in [-0.15, -0.1) is 0 Å². The third-order valence-electron chi connectivity index (χ3n) is 4.24. The van der Waals surface area contributed by atoms with Gasteiger partial charge in [-0.05, 0) is 23.8 Å². The van der Waals surface area contributed by atoms with Gasteiger partial charge in [0.1, 0.15) is 17.1 Å². The van der Waals surface area contributed by atoms with Gasteiger partial charge in [0.05, 0.1) is 11.1 Å².